The van der Waals surface area contributed by atoms with Crippen LogP contribution in [0.5, 0.6) is 0 Å². The van der Waals surface area contributed by atoms with E-state index in [-0.39, 0.29) is 42.5 Å². The minimum atomic E-state index is -0.808. The van der Waals surface area contributed by atoms with Gasteiger partial charge in [0.25, 0.3) is 0 Å². The molecule has 2 amide bonds. The Morgan fingerprint density at radius 3 is 2.12 bits per heavy atom. The zero-order valence-corrected chi connectivity index (χ0v) is 10.0. The molecular weight excluding hydrogens is 222 g/mol. The molecule has 2 bridgehead atoms. The fourth-order valence-electron chi connectivity index (χ4n) is 3.38. The summed E-state index contributed by atoms with van der Waals surface area (Å²) in [6.07, 6.45) is 1.58. The molecule has 1 N–H and O–H groups in total. The lowest BCUT2D eigenvalue weighted by molar-refractivity contribution is -0.150. The van der Waals surface area contributed by atoms with Crippen LogP contribution in [-0.2, 0) is 14.3 Å². The first-order valence-electron chi connectivity index (χ1n) is 6.11. The number of ether oxygens (including phenoxy) is 1. The number of hydrogen-bond acceptors (Lipinski definition) is 4. The van der Waals surface area contributed by atoms with Crippen molar-refractivity contribution >= 4 is 11.8 Å². The fraction of sp³-hybridized carbons (Fsp3) is 0.833. The standard InChI is InChI=1S/C12H17NO4/c1-12(2,5-14)13-10(15)8-6-3-4-7(17-6)9(8)11(13)16/h6-9,14H,3-5H2,1-2H3/t6-,7+,8+,9-. The Hall–Kier alpha value is -0.940. The number of nitrogens with zero attached hydrogens (tertiary/aromatic N) is 1. The van der Waals surface area contributed by atoms with Crippen molar-refractivity contribution in [1.82, 2.24) is 4.90 Å². The van der Waals surface area contributed by atoms with Crippen LogP contribution >= 0.6 is 0 Å². The summed E-state index contributed by atoms with van der Waals surface area (Å²) in [4.78, 5) is 25.9. The van der Waals surface area contributed by atoms with Crippen LogP contribution < -0.4 is 0 Å². The zero-order chi connectivity index (χ0) is 12.4. The van der Waals surface area contributed by atoms with Crippen molar-refractivity contribution in [2.24, 2.45) is 11.8 Å². The lowest BCUT2D eigenvalue weighted by Gasteiger charge is -2.33. The average Bonchev–Trinajstić information content (AvgIpc) is 2.92. The second-order valence-corrected chi connectivity index (χ2v) is 5.82. The van der Waals surface area contributed by atoms with Gasteiger partial charge >= 0.3 is 0 Å². The molecule has 0 aromatic carbocycles. The van der Waals surface area contributed by atoms with E-state index in [2.05, 4.69) is 0 Å². The minimum absolute atomic E-state index is 0.0825. The Kier molecular flexibility index (Phi) is 2.16. The van der Waals surface area contributed by atoms with Crippen molar-refractivity contribution in [2.75, 3.05) is 6.61 Å². The molecule has 3 rings (SSSR count). The summed E-state index contributed by atoms with van der Waals surface area (Å²) in [5.74, 6) is -0.920. The minimum Gasteiger partial charge on any atom is -0.394 e. The maximum atomic E-state index is 12.3. The van der Waals surface area contributed by atoms with Gasteiger partial charge in [-0.25, -0.2) is 0 Å². The van der Waals surface area contributed by atoms with Crippen molar-refractivity contribution in [3.63, 3.8) is 0 Å². The first-order valence-corrected chi connectivity index (χ1v) is 6.11. The third-order valence-corrected chi connectivity index (χ3v) is 4.28. The molecule has 5 heteroatoms. The number of carbonyl (C=O) groups excluding carboxylic acids is 2. The second-order valence-electron chi connectivity index (χ2n) is 5.82. The van der Waals surface area contributed by atoms with Gasteiger partial charge in [0, 0.05) is 0 Å². The summed E-state index contributed by atoms with van der Waals surface area (Å²) >= 11 is 0. The molecule has 94 valence electrons. The SMILES string of the molecule is CC(C)(CO)N1C(=O)[C@@H]2[C@H](C1=O)[C@@H]1CC[C@H]2O1. The molecule has 3 heterocycles. The molecule has 0 saturated carbocycles. The predicted octanol–water partition coefficient (Wildman–Crippen LogP) is -0.0803. The van der Waals surface area contributed by atoms with E-state index in [9.17, 15) is 14.7 Å². The quantitative estimate of drug-likeness (QED) is 0.684. The largest absolute Gasteiger partial charge is 0.394 e. The fourth-order valence-corrected chi connectivity index (χ4v) is 3.38. The van der Waals surface area contributed by atoms with E-state index in [0.717, 1.165) is 12.8 Å². The van der Waals surface area contributed by atoms with Crippen molar-refractivity contribution < 1.29 is 19.4 Å². The van der Waals surface area contributed by atoms with Crippen LogP contribution in [0.4, 0.5) is 0 Å². The van der Waals surface area contributed by atoms with Crippen LogP contribution in [-0.4, -0.2) is 46.2 Å². The smallest absolute Gasteiger partial charge is 0.236 e. The van der Waals surface area contributed by atoms with Gasteiger partial charge in [0.15, 0.2) is 0 Å². The van der Waals surface area contributed by atoms with Crippen LogP contribution in [0.1, 0.15) is 26.7 Å². The van der Waals surface area contributed by atoms with Gasteiger partial charge in [-0.2, -0.15) is 0 Å². The van der Waals surface area contributed by atoms with Gasteiger partial charge in [-0.15, -0.1) is 0 Å². The van der Waals surface area contributed by atoms with Crippen molar-refractivity contribution in [1.29, 1.82) is 0 Å². The van der Waals surface area contributed by atoms with Crippen LogP contribution in [0.3, 0.4) is 0 Å². The summed E-state index contributed by atoms with van der Waals surface area (Å²) in [6.45, 7) is 3.22. The Labute approximate surface area is 99.7 Å². The molecule has 0 unspecified atom stereocenters. The van der Waals surface area contributed by atoms with Gasteiger partial charge in [0.1, 0.15) is 0 Å². The number of imide groups is 1. The molecule has 3 fully saturated rings. The normalized spacial score (nSPS) is 40.3. The molecule has 0 aromatic rings. The highest BCUT2D eigenvalue weighted by Crippen LogP contribution is 2.49. The lowest BCUT2D eigenvalue weighted by Crippen LogP contribution is -2.51. The first-order chi connectivity index (χ1) is 7.97. The van der Waals surface area contributed by atoms with Gasteiger partial charge in [-0.05, 0) is 26.7 Å². The van der Waals surface area contributed by atoms with Gasteiger partial charge in [-0.3, -0.25) is 14.5 Å². The Morgan fingerprint density at radius 2 is 1.71 bits per heavy atom. The van der Waals surface area contributed by atoms with Crippen molar-refractivity contribution in [3.05, 3.63) is 0 Å². The summed E-state index contributed by atoms with van der Waals surface area (Å²) in [5, 5.41) is 9.32. The highest BCUT2D eigenvalue weighted by atomic mass is 16.5. The molecular formula is C12H17NO4. The Balaban J connectivity index is 1.96. The second kappa shape index (κ2) is 3.29. The highest BCUT2D eigenvalue weighted by molar-refractivity contribution is 6.07. The number of carbonyl (C=O) groups is 2. The number of fused-ring (bicyclic) bond motifs is 5. The van der Waals surface area contributed by atoms with Crippen molar-refractivity contribution in [2.45, 2.75) is 44.4 Å². The van der Waals surface area contributed by atoms with E-state index in [1.807, 2.05) is 0 Å². The Morgan fingerprint density at radius 1 is 1.24 bits per heavy atom. The number of rotatable bonds is 2. The third-order valence-electron chi connectivity index (χ3n) is 4.28. The highest BCUT2D eigenvalue weighted by Gasteiger charge is 2.64. The number of hydrogen-bond donors (Lipinski definition) is 1. The average molecular weight is 239 g/mol. The number of amides is 2. The summed E-state index contributed by atoms with van der Waals surface area (Å²) in [7, 11) is 0. The Bertz CT molecular complexity index is 364. The summed E-state index contributed by atoms with van der Waals surface area (Å²) in [5.41, 5.74) is -0.808. The topological polar surface area (TPSA) is 66.8 Å². The number of likely N-dealkylation sites (tertiary alicyclic amines) is 1. The lowest BCUT2D eigenvalue weighted by atomic mass is 9.81. The molecule has 0 radical (unpaired) electrons. The van der Waals surface area contributed by atoms with E-state index in [0.29, 0.717) is 0 Å². The van der Waals surface area contributed by atoms with E-state index in [1.54, 1.807) is 13.8 Å². The van der Waals surface area contributed by atoms with Gasteiger partial charge in [0.05, 0.1) is 36.2 Å². The number of aliphatic hydroxyl groups is 1. The molecule has 3 aliphatic heterocycles. The molecule has 3 aliphatic rings. The molecule has 4 atom stereocenters. The summed E-state index contributed by atoms with van der Waals surface area (Å²) in [6, 6.07) is 0. The van der Waals surface area contributed by atoms with Crippen LogP contribution in [0.2, 0.25) is 0 Å². The van der Waals surface area contributed by atoms with Crippen LogP contribution in [0.15, 0.2) is 0 Å². The van der Waals surface area contributed by atoms with Gasteiger partial charge in [0.2, 0.25) is 11.8 Å². The van der Waals surface area contributed by atoms with E-state index < -0.39 is 5.54 Å². The molecule has 0 aromatic heterocycles. The molecule has 17 heavy (non-hydrogen) atoms. The monoisotopic (exact) mass is 239 g/mol. The molecule has 5 nitrogen and oxygen atoms in total. The molecule has 0 aliphatic carbocycles. The number of aliphatic hydroxyl groups excluding tert-OH is 1. The van der Waals surface area contributed by atoms with Crippen molar-refractivity contribution in [3.8, 4) is 0 Å². The zero-order valence-electron chi connectivity index (χ0n) is 10.0. The predicted molar refractivity (Wildman–Crippen MR) is 57.9 cm³/mol. The molecule has 0 spiro atoms. The van der Waals surface area contributed by atoms with Crippen LogP contribution in [0.25, 0.3) is 0 Å². The van der Waals surface area contributed by atoms with Gasteiger partial charge < -0.3 is 9.84 Å². The van der Waals surface area contributed by atoms with E-state index >= 15 is 0 Å². The van der Waals surface area contributed by atoms with Gasteiger partial charge in [-0.1, -0.05) is 0 Å². The molecule has 3 saturated heterocycles. The van der Waals surface area contributed by atoms with E-state index in [4.69, 9.17) is 4.74 Å². The third kappa shape index (κ3) is 1.27. The first kappa shape index (κ1) is 11.2. The maximum Gasteiger partial charge on any atom is 0.236 e. The van der Waals surface area contributed by atoms with E-state index in [1.165, 1.54) is 4.90 Å². The summed E-state index contributed by atoms with van der Waals surface area (Å²) < 4.78 is 5.64. The van der Waals surface area contributed by atoms with Crippen LogP contribution in [0, 0.1) is 11.8 Å². The maximum absolute atomic E-state index is 12.3.